The van der Waals surface area contributed by atoms with Crippen LogP contribution in [0.1, 0.15) is 11.3 Å². The quantitative estimate of drug-likeness (QED) is 0.730. The van der Waals surface area contributed by atoms with E-state index in [1.165, 1.54) is 16.7 Å². The summed E-state index contributed by atoms with van der Waals surface area (Å²) in [4.78, 5) is 37.8. The summed E-state index contributed by atoms with van der Waals surface area (Å²) >= 11 is 1.21. The highest BCUT2D eigenvalue weighted by Gasteiger charge is 2.40. The van der Waals surface area contributed by atoms with E-state index in [-0.39, 0.29) is 11.8 Å². The number of para-hydroxylation sites is 1. The summed E-state index contributed by atoms with van der Waals surface area (Å²) in [5.41, 5.74) is 2.87. The molecule has 0 N–H and O–H groups in total. The van der Waals surface area contributed by atoms with Crippen molar-refractivity contribution in [3.63, 3.8) is 0 Å². The number of aliphatic imine (C=N–C) groups is 1. The van der Waals surface area contributed by atoms with Gasteiger partial charge in [0, 0.05) is 25.4 Å². The molecule has 0 bridgehead atoms. The maximum atomic E-state index is 12.8. The molecule has 1 saturated heterocycles. The van der Waals surface area contributed by atoms with Gasteiger partial charge < -0.3 is 4.90 Å². The van der Waals surface area contributed by atoms with E-state index in [2.05, 4.69) is 9.98 Å². The number of aromatic nitrogens is 1. The molecule has 0 saturated carbocycles. The Morgan fingerprint density at radius 3 is 2.50 bits per heavy atom. The number of hydrogen-bond acceptors (Lipinski definition) is 5. The third-order valence-electron chi connectivity index (χ3n) is 4.34. The monoisotopic (exact) mass is 364 g/mol. The van der Waals surface area contributed by atoms with Crippen LogP contribution < -0.4 is 4.90 Å². The highest BCUT2D eigenvalue weighted by atomic mass is 32.2. The van der Waals surface area contributed by atoms with E-state index < -0.39 is 0 Å². The highest BCUT2D eigenvalue weighted by Crippen LogP contribution is 2.43. The van der Waals surface area contributed by atoms with Crippen molar-refractivity contribution in [2.24, 2.45) is 4.99 Å². The Morgan fingerprint density at radius 1 is 0.962 bits per heavy atom. The van der Waals surface area contributed by atoms with Crippen molar-refractivity contribution in [3.05, 3.63) is 58.6 Å². The molecule has 1 aromatic heterocycles. The Bertz CT molecular complexity index is 1010. The molecule has 0 radical (unpaired) electrons. The predicted molar refractivity (Wildman–Crippen MR) is 103 cm³/mol. The summed E-state index contributed by atoms with van der Waals surface area (Å²) < 4.78 is 0. The number of fused-ring (bicyclic) bond motifs is 1. The van der Waals surface area contributed by atoms with Crippen LogP contribution in [0.4, 0.5) is 11.5 Å². The van der Waals surface area contributed by atoms with E-state index in [4.69, 9.17) is 0 Å². The molecular weight excluding hydrogens is 348 g/mol. The number of aryl methyl sites for hydroxylation is 1. The molecule has 2 aliphatic rings. The van der Waals surface area contributed by atoms with Crippen molar-refractivity contribution in [3.8, 4) is 0 Å². The first-order valence-electron chi connectivity index (χ1n) is 8.07. The molecule has 2 amide bonds. The number of amides is 2. The zero-order chi connectivity index (χ0) is 18.4. The van der Waals surface area contributed by atoms with E-state index in [9.17, 15) is 9.59 Å². The van der Waals surface area contributed by atoms with Crippen molar-refractivity contribution in [2.75, 3.05) is 19.0 Å². The average Bonchev–Trinajstić information content (AvgIpc) is 3.04. The Morgan fingerprint density at radius 2 is 1.73 bits per heavy atom. The number of carbonyl (C=O) groups is 2. The van der Waals surface area contributed by atoms with Gasteiger partial charge in [0.15, 0.2) is 11.0 Å². The van der Waals surface area contributed by atoms with Crippen LogP contribution >= 0.6 is 11.8 Å². The van der Waals surface area contributed by atoms with Crippen molar-refractivity contribution in [2.45, 2.75) is 6.92 Å². The van der Waals surface area contributed by atoms with E-state index in [0.29, 0.717) is 21.5 Å². The molecule has 0 aliphatic carbocycles. The maximum Gasteiger partial charge on any atom is 0.267 e. The molecular formula is C19H16N4O2S. The minimum Gasteiger partial charge on any atom is -0.311 e. The van der Waals surface area contributed by atoms with Crippen molar-refractivity contribution >= 4 is 45.8 Å². The number of hydrogen-bond donors (Lipinski definition) is 0. The number of anilines is 1. The minimum absolute atomic E-state index is 0.176. The fourth-order valence-electron chi connectivity index (χ4n) is 2.98. The van der Waals surface area contributed by atoms with Crippen LogP contribution in [-0.2, 0) is 9.59 Å². The molecule has 1 fully saturated rings. The molecule has 130 valence electrons. The zero-order valence-electron chi connectivity index (χ0n) is 14.6. The van der Waals surface area contributed by atoms with Gasteiger partial charge in [0.25, 0.3) is 11.8 Å². The van der Waals surface area contributed by atoms with Crippen LogP contribution in [0.15, 0.2) is 52.4 Å². The fourth-order valence-corrected chi connectivity index (χ4v) is 4.04. The molecule has 0 spiro atoms. The molecule has 0 unspecified atom stereocenters. The van der Waals surface area contributed by atoms with Crippen LogP contribution in [0.3, 0.4) is 0 Å². The van der Waals surface area contributed by atoms with Gasteiger partial charge in [-0.3, -0.25) is 14.5 Å². The van der Waals surface area contributed by atoms with Gasteiger partial charge in [0.05, 0.1) is 16.2 Å². The summed E-state index contributed by atoms with van der Waals surface area (Å²) in [6.45, 7) is 1.89. The van der Waals surface area contributed by atoms with Gasteiger partial charge in [-0.15, -0.1) is 0 Å². The topological polar surface area (TPSA) is 65.9 Å². The van der Waals surface area contributed by atoms with Gasteiger partial charge in [0.1, 0.15) is 0 Å². The van der Waals surface area contributed by atoms with Crippen LogP contribution in [0.5, 0.6) is 0 Å². The summed E-state index contributed by atoms with van der Waals surface area (Å²) in [7, 11) is 3.38. The van der Waals surface area contributed by atoms with Crippen LogP contribution in [0.2, 0.25) is 0 Å². The lowest BCUT2D eigenvalue weighted by molar-refractivity contribution is -0.121. The largest absolute Gasteiger partial charge is 0.311 e. The van der Waals surface area contributed by atoms with Crippen molar-refractivity contribution in [1.82, 2.24) is 9.88 Å². The molecule has 4 rings (SSSR count). The number of nitrogens with zero attached hydrogens (tertiary/aromatic N) is 4. The van der Waals surface area contributed by atoms with Gasteiger partial charge in [-0.05, 0) is 36.9 Å². The highest BCUT2D eigenvalue weighted by molar-refractivity contribution is 8.18. The van der Waals surface area contributed by atoms with E-state index in [1.807, 2.05) is 43.3 Å². The number of thioether (sulfide) groups is 1. The van der Waals surface area contributed by atoms with Crippen LogP contribution in [0.25, 0.3) is 5.57 Å². The second-order valence-corrected chi connectivity index (χ2v) is 7.06. The summed E-state index contributed by atoms with van der Waals surface area (Å²) in [6.07, 6.45) is 0. The number of pyridine rings is 1. The van der Waals surface area contributed by atoms with Gasteiger partial charge in [-0.25, -0.2) is 9.98 Å². The molecule has 26 heavy (non-hydrogen) atoms. The molecule has 6 nitrogen and oxygen atoms in total. The molecule has 2 aromatic rings. The molecule has 3 heterocycles. The Labute approximate surface area is 155 Å². The van der Waals surface area contributed by atoms with E-state index in [0.717, 1.165) is 16.9 Å². The third kappa shape index (κ3) is 2.52. The number of benzene rings is 1. The third-order valence-corrected chi connectivity index (χ3v) is 5.47. The normalized spacial score (nSPS) is 21.1. The summed E-state index contributed by atoms with van der Waals surface area (Å²) in [5.74, 6) is 0.133. The molecule has 1 aromatic carbocycles. The summed E-state index contributed by atoms with van der Waals surface area (Å²) in [5, 5.41) is 0.510. The number of amidine groups is 1. The van der Waals surface area contributed by atoms with Gasteiger partial charge in [0.2, 0.25) is 0 Å². The Balaban J connectivity index is 1.81. The molecule has 0 atom stereocenters. The summed E-state index contributed by atoms with van der Waals surface area (Å²) in [6, 6.07) is 13.0. The van der Waals surface area contributed by atoms with Crippen molar-refractivity contribution in [1.29, 1.82) is 0 Å². The lowest BCUT2D eigenvalue weighted by Gasteiger charge is -2.08. The Hall–Kier alpha value is -2.93. The van der Waals surface area contributed by atoms with Crippen LogP contribution in [0, 0.1) is 6.92 Å². The zero-order valence-corrected chi connectivity index (χ0v) is 15.4. The Kier molecular flexibility index (Phi) is 3.88. The van der Waals surface area contributed by atoms with Gasteiger partial charge in [-0.2, -0.15) is 0 Å². The molecule has 7 heteroatoms. The second-order valence-electron chi connectivity index (χ2n) is 6.08. The first-order chi connectivity index (χ1) is 12.5. The maximum absolute atomic E-state index is 12.8. The van der Waals surface area contributed by atoms with Gasteiger partial charge in [-0.1, -0.05) is 24.3 Å². The predicted octanol–water partition coefficient (Wildman–Crippen LogP) is 2.97. The molecule has 2 aliphatic heterocycles. The smallest absolute Gasteiger partial charge is 0.267 e. The number of likely N-dealkylation sites (N-methyl/N-ethyl adjacent to an activating group) is 2. The van der Waals surface area contributed by atoms with Crippen molar-refractivity contribution < 1.29 is 9.59 Å². The standard InChI is InChI=1S/C19H16N4O2S/c1-11-7-6-10-14(20-11)21-19-23(3)18(25)16(26-19)15-12-8-4-5-9-13(12)22(2)17(15)24/h4-10H,1-3H3/b16-15-,21-19+. The first-order valence-corrected chi connectivity index (χ1v) is 8.89. The lowest BCUT2D eigenvalue weighted by atomic mass is 10.1. The number of rotatable bonds is 1. The first kappa shape index (κ1) is 16.5. The van der Waals surface area contributed by atoms with E-state index in [1.54, 1.807) is 25.1 Å². The van der Waals surface area contributed by atoms with Gasteiger partial charge >= 0.3 is 0 Å². The minimum atomic E-state index is -0.227. The number of carbonyl (C=O) groups excluding carboxylic acids is 2. The average molecular weight is 364 g/mol. The van der Waals surface area contributed by atoms with Crippen LogP contribution in [-0.4, -0.2) is 41.0 Å². The van der Waals surface area contributed by atoms with E-state index >= 15 is 0 Å². The SMILES string of the molecule is Cc1cccc(/N=C2/S/C(=C3\C(=O)N(C)c4ccccc43)C(=O)N2C)n1. The fraction of sp³-hybridized carbons (Fsp3) is 0.158. The second kappa shape index (κ2) is 6.10. The lowest BCUT2D eigenvalue weighted by Crippen LogP contribution is -2.25.